The van der Waals surface area contributed by atoms with Gasteiger partial charge in [0.1, 0.15) is 0 Å². The largest absolute Gasteiger partial charge is 0.345 e. The van der Waals surface area contributed by atoms with E-state index in [1.54, 1.807) is 18.3 Å². The molecule has 3 nitrogen and oxygen atoms in total. The predicted octanol–water partition coefficient (Wildman–Crippen LogP) is 3.29. The molecule has 1 fully saturated rings. The normalized spacial score (nSPS) is 20.6. The minimum absolute atomic E-state index is 0.148. The Bertz CT molecular complexity index is 414. The number of aromatic nitrogens is 1. The second-order valence-electron chi connectivity index (χ2n) is 4.72. The van der Waals surface area contributed by atoms with Gasteiger partial charge in [0, 0.05) is 19.5 Å². The number of nitrogens with zero attached hydrogens (tertiary/aromatic N) is 2. The van der Waals surface area contributed by atoms with Crippen LogP contribution in [-0.2, 0) is 6.42 Å². The van der Waals surface area contributed by atoms with Gasteiger partial charge in [-0.3, -0.25) is 4.79 Å². The van der Waals surface area contributed by atoms with Gasteiger partial charge in [-0.15, -0.1) is 0 Å². The summed E-state index contributed by atoms with van der Waals surface area (Å²) < 4.78 is 0. The SMILES string of the molecule is CCc1nc(N2CCCCC2C)sc1C(C)=O. The van der Waals surface area contributed by atoms with Crippen LogP contribution in [-0.4, -0.2) is 23.4 Å². The molecular formula is C13H20N2OS. The molecule has 1 saturated heterocycles. The Morgan fingerprint density at radius 3 is 2.82 bits per heavy atom. The molecular weight excluding hydrogens is 232 g/mol. The van der Waals surface area contributed by atoms with E-state index in [-0.39, 0.29) is 5.78 Å². The van der Waals surface area contributed by atoms with Crippen LogP contribution in [0, 0.1) is 0 Å². The van der Waals surface area contributed by atoms with Crippen molar-refractivity contribution >= 4 is 22.3 Å². The summed E-state index contributed by atoms with van der Waals surface area (Å²) >= 11 is 1.57. The lowest BCUT2D eigenvalue weighted by Gasteiger charge is -2.33. The number of rotatable bonds is 3. The summed E-state index contributed by atoms with van der Waals surface area (Å²) in [5.41, 5.74) is 0.968. The van der Waals surface area contributed by atoms with Crippen LogP contribution in [0.3, 0.4) is 0 Å². The van der Waals surface area contributed by atoms with Gasteiger partial charge in [0.2, 0.25) is 0 Å². The Morgan fingerprint density at radius 1 is 1.53 bits per heavy atom. The third-order valence-electron chi connectivity index (χ3n) is 3.39. The molecule has 0 saturated carbocycles. The Kier molecular flexibility index (Phi) is 3.82. The first-order valence-corrected chi connectivity index (χ1v) is 7.22. The number of anilines is 1. The van der Waals surface area contributed by atoms with Crippen molar-refractivity contribution in [1.29, 1.82) is 0 Å². The first kappa shape index (κ1) is 12.6. The third-order valence-corrected chi connectivity index (χ3v) is 4.62. The fourth-order valence-electron chi connectivity index (χ4n) is 2.36. The van der Waals surface area contributed by atoms with Crippen LogP contribution in [0.5, 0.6) is 0 Å². The zero-order chi connectivity index (χ0) is 12.4. The molecule has 1 aliphatic rings. The zero-order valence-corrected chi connectivity index (χ0v) is 11.6. The highest BCUT2D eigenvalue weighted by Gasteiger charge is 2.23. The summed E-state index contributed by atoms with van der Waals surface area (Å²) in [5.74, 6) is 0.148. The van der Waals surface area contributed by atoms with Crippen molar-refractivity contribution in [3.05, 3.63) is 10.6 Å². The number of ketones is 1. The lowest BCUT2D eigenvalue weighted by atomic mass is 10.1. The fraction of sp³-hybridized carbons (Fsp3) is 0.692. The number of aryl methyl sites for hydroxylation is 1. The molecule has 1 aromatic rings. The highest BCUT2D eigenvalue weighted by molar-refractivity contribution is 7.17. The highest BCUT2D eigenvalue weighted by atomic mass is 32.1. The van der Waals surface area contributed by atoms with Crippen LogP contribution >= 0.6 is 11.3 Å². The van der Waals surface area contributed by atoms with Crippen LogP contribution in [0.25, 0.3) is 0 Å². The van der Waals surface area contributed by atoms with E-state index in [1.165, 1.54) is 19.3 Å². The number of carbonyl (C=O) groups is 1. The van der Waals surface area contributed by atoms with Gasteiger partial charge in [0.05, 0.1) is 10.6 Å². The molecule has 0 bridgehead atoms. The molecule has 4 heteroatoms. The average molecular weight is 252 g/mol. The molecule has 1 aromatic heterocycles. The Morgan fingerprint density at radius 2 is 2.29 bits per heavy atom. The number of hydrogen-bond acceptors (Lipinski definition) is 4. The number of piperidine rings is 1. The molecule has 0 amide bonds. The van der Waals surface area contributed by atoms with Crippen LogP contribution in [0.4, 0.5) is 5.13 Å². The maximum Gasteiger partial charge on any atom is 0.186 e. The quantitative estimate of drug-likeness (QED) is 0.774. The lowest BCUT2D eigenvalue weighted by molar-refractivity contribution is 0.102. The van der Waals surface area contributed by atoms with Crippen molar-refractivity contribution in [2.75, 3.05) is 11.4 Å². The van der Waals surface area contributed by atoms with Gasteiger partial charge in [-0.05, 0) is 32.6 Å². The molecule has 1 aliphatic heterocycles. The molecule has 2 rings (SSSR count). The highest BCUT2D eigenvalue weighted by Crippen LogP contribution is 2.31. The van der Waals surface area contributed by atoms with Gasteiger partial charge in [-0.1, -0.05) is 18.3 Å². The first-order chi connectivity index (χ1) is 8.13. The molecule has 0 radical (unpaired) electrons. The second-order valence-corrected chi connectivity index (χ2v) is 5.70. The minimum Gasteiger partial charge on any atom is -0.345 e. The standard InChI is InChI=1S/C13H20N2OS/c1-4-11-12(10(3)16)17-13(14-11)15-8-6-5-7-9(15)2/h9H,4-8H2,1-3H3. The van der Waals surface area contributed by atoms with E-state index in [1.807, 2.05) is 0 Å². The predicted molar refractivity (Wildman–Crippen MR) is 72.2 cm³/mol. The number of Topliss-reactive ketones (excluding diaryl/α,β-unsaturated/α-hetero) is 1. The van der Waals surface area contributed by atoms with Crippen molar-refractivity contribution in [3.8, 4) is 0 Å². The summed E-state index contributed by atoms with van der Waals surface area (Å²) in [7, 11) is 0. The van der Waals surface area contributed by atoms with Crippen molar-refractivity contribution in [1.82, 2.24) is 4.98 Å². The maximum absolute atomic E-state index is 11.6. The molecule has 0 spiro atoms. The van der Waals surface area contributed by atoms with Crippen molar-refractivity contribution in [3.63, 3.8) is 0 Å². The Hall–Kier alpha value is -0.900. The summed E-state index contributed by atoms with van der Waals surface area (Å²) in [6.07, 6.45) is 4.62. The summed E-state index contributed by atoms with van der Waals surface area (Å²) in [4.78, 5) is 19.4. The van der Waals surface area contributed by atoms with E-state index in [2.05, 4.69) is 23.7 Å². The molecule has 0 aromatic carbocycles. The Labute approximate surface area is 107 Å². The number of hydrogen-bond donors (Lipinski definition) is 0. The van der Waals surface area contributed by atoms with Crippen molar-refractivity contribution in [2.45, 2.75) is 52.5 Å². The van der Waals surface area contributed by atoms with E-state index >= 15 is 0 Å². The summed E-state index contributed by atoms with van der Waals surface area (Å²) in [6.45, 7) is 7.02. The molecule has 94 valence electrons. The van der Waals surface area contributed by atoms with Crippen LogP contribution < -0.4 is 4.90 Å². The molecule has 0 N–H and O–H groups in total. The van der Waals surface area contributed by atoms with Gasteiger partial charge >= 0.3 is 0 Å². The molecule has 1 atom stereocenters. The fourth-order valence-corrected chi connectivity index (χ4v) is 3.54. The zero-order valence-electron chi connectivity index (χ0n) is 10.8. The molecule has 1 unspecified atom stereocenters. The van der Waals surface area contributed by atoms with E-state index < -0.39 is 0 Å². The third kappa shape index (κ3) is 2.51. The van der Waals surface area contributed by atoms with Gasteiger partial charge < -0.3 is 4.90 Å². The minimum atomic E-state index is 0.148. The number of carbonyl (C=O) groups excluding carboxylic acids is 1. The van der Waals surface area contributed by atoms with E-state index in [0.29, 0.717) is 6.04 Å². The molecule has 17 heavy (non-hydrogen) atoms. The maximum atomic E-state index is 11.6. The van der Waals surface area contributed by atoms with Crippen molar-refractivity contribution < 1.29 is 4.79 Å². The van der Waals surface area contributed by atoms with Crippen molar-refractivity contribution in [2.24, 2.45) is 0 Å². The smallest absolute Gasteiger partial charge is 0.186 e. The van der Waals surface area contributed by atoms with E-state index in [9.17, 15) is 4.79 Å². The van der Waals surface area contributed by atoms with Crippen LogP contribution in [0.1, 0.15) is 55.4 Å². The van der Waals surface area contributed by atoms with Gasteiger partial charge in [-0.25, -0.2) is 4.98 Å². The lowest BCUT2D eigenvalue weighted by Crippen LogP contribution is -2.37. The van der Waals surface area contributed by atoms with Gasteiger partial charge in [0.25, 0.3) is 0 Å². The number of thiazole rings is 1. The van der Waals surface area contributed by atoms with Crippen LogP contribution in [0.2, 0.25) is 0 Å². The topological polar surface area (TPSA) is 33.2 Å². The molecule has 0 aliphatic carbocycles. The second kappa shape index (κ2) is 5.17. The van der Waals surface area contributed by atoms with Gasteiger partial charge in [0.15, 0.2) is 10.9 Å². The molecule has 2 heterocycles. The summed E-state index contributed by atoms with van der Waals surface area (Å²) in [5, 5.41) is 1.04. The van der Waals surface area contributed by atoms with E-state index in [4.69, 9.17) is 0 Å². The Balaban J connectivity index is 2.29. The monoisotopic (exact) mass is 252 g/mol. The van der Waals surface area contributed by atoms with E-state index in [0.717, 1.165) is 28.7 Å². The summed E-state index contributed by atoms with van der Waals surface area (Å²) in [6, 6.07) is 0.555. The van der Waals surface area contributed by atoms with Crippen LogP contribution in [0.15, 0.2) is 0 Å². The van der Waals surface area contributed by atoms with Gasteiger partial charge in [-0.2, -0.15) is 0 Å². The average Bonchev–Trinajstić information content (AvgIpc) is 2.73. The first-order valence-electron chi connectivity index (χ1n) is 6.40.